The number of fused-ring (bicyclic) bond motifs is 1. The fourth-order valence-electron chi connectivity index (χ4n) is 1.71. The number of hydrogen-bond donors (Lipinski definition) is 1. The maximum absolute atomic E-state index is 9.59. The molecule has 3 fully saturated rings. The molecule has 0 bridgehead atoms. The Morgan fingerprint density at radius 3 is 2.85 bits per heavy atom. The van der Waals surface area contributed by atoms with Crippen molar-refractivity contribution in [3.05, 3.63) is 0 Å². The van der Waals surface area contributed by atoms with Gasteiger partial charge in [-0.25, -0.2) is 0 Å². The molecular weight excluding hydrogens is 174 g/mol. The highest BCUT2D eigenvalue weighted by molar-refractivity contribution is 4.88. The summed E-state index contributed by atoms with van der Waals surface area (Å²) in [5.41, 5.74) is 0. The first-order valence-electron chi connectivity index (χ1n) is 4.70. The number of aliphatic hydroxyl groups is 1. The van der Waals surface area contributed by atoms with Gasteiger partial charge >= 0.3 is 0 Å². The fourth-order valence-corrected chi connectivity index (χ4v) is 1.71. The van der Waals surface area contributed by atoms with Gasteiger partial charge in [0.2, 0.25) is 6.29 Å². The van der Waals surface area contributed by atoms with Gasteiger partial charge in [0.1, 0.15) is 18.4 Å². The molecule has 5 unspecified atom stereocenters. The van der Waals surface area contributed by atoms with Gasteiger partial charge in [-0.15, -0.1) is 5.06 Å². The Kier molecular flexibility index (Phi) is 1.66. The van der Waals surface area contributed by atoms with Crippen LogP contribution >= 0.6 is 0 Å². The minimum absolute atomic E-state index is 0.0415. The average Bonchev–Trinajstić information content (AvgIpc) is 2.94. The first kappa shape index (κ1) is 8.14. The van der Waals surface area contributed by atoms with Crippen LogP contribution in [0.25, 0.3) is 0 Å². The lowest BCUT2D eigenvalue weighted by atomic mass is 10.1. The zero-order chi connectivity index (χ0) is 9.00. The van der Waals surface area contributed by atoms with Crippen LogP contribution in [0.2, 0.25) is 0 Å². The molecule has 0 radical (unpaired) electrons. The third-order valence-electron chi connectivity index (χ3n) is 2.69. The van der Waals surface area contributed by atoms with Crippen molar-refractivity contribution in [3.8, 4) is 0 Å². The number of piperidine rings is 1. The highest BCUT2D eigenvalue weighted by atomic mass is 16.9. The molecule has 0 amide bonds. The summed E-state index contributed by atoms with van der Waals surface area (Å²) in [6, 6.07) is 0. The number of nitrogens with zero attached hydrogens (tertiary/aromatic N) is 1. The minimum atomic E-state index is -0.542. The number of epoxide rings is 2. The van der Waals surface area contributed by atoms with Crippen LogP contribution in [0.4, 0.5) is 0 Å². The van der Waals surface area contributed by atoms with Crippen LogP contribution in [0.3, 0.4) is 0 Å². The van der Waals surface area contributed by atoms with Gasteiger partial charge in [-0.05, 0) is 19.8 Å². The molecule has 0 aromatic carbocycles. The third-order valence-corrected chi connectivity index (χ3v) is 2.69. The zero-order valence-corrected chi connectivity index (χ0v) is 7.42. The monoisotopic (exact) mass is 187 g/mol. The van der Waals surface area contributed by atoms with E-state index in [-0.39, 0.29) is 24.7 Å². The first-order chi connectivity index (χ1) is 6.25. The summed E-state index contributed by atoms with van der Waals surface area (Å²) in [6.07, 6.45) is 1.27. The van der Waals surface area contributed by atoms with Crippen LogP contribution in [0, 0.1) is 0 Å². The number of rotatable bonds is 2. The summed E-state index contributed by atoms with van der Waals surface area (Å²) in [6.45, 7) is 1.94. The SMILES string of the molecule is CC1OC1ON1C(O)CCC2OC21. The molecule has 3 rings (SSSR count). The summed E-state index contributed by atoms with van der Waals surface area (Å²) in [4.78, 5) is 5.42. The standard InChI is InChI=1S/C8H13NO4/c1-4-8(11-4)13-9-6(10)3-2-5-7(9)12-5/h4-8,10H,2-3H2,1H3. The van der Waals surface area contributed by atoms with E-state index < -0.39 is 6.23 Å². The smallest absolute Gasteiger partial charge is 0.204 e. The second-order valence-electron chi connectivity index (χ2n) is 3.80. The average molecular weight is 187 g/mol. The Morgan fingerprint density at radius 1 is 1.38 bits per heavy atom. The zero-order valence-electron chi connectivity index (χ0n) is 7.42. The molecule has 5 atom stereocenters. The number of hydroxylamine groups is 2. The maximum Gasteiger partial charge on any atom is 0.204 e. The van der Waals surface area contributed by atoms with E-state index in [9.17, 15) is 5.11 Å². The predicted molar refractivity (Wildman–Crippen MR) is 41.2 cm³/mol. The lowest BCUT2D eigenvalue weighted by Gasteiger charge is -2.27. The van der Waals surface area contributed by atoms with Crippen molar-refractivity contribution in [2.75, 3.05) is 0 Å². The second-order valence-corrected chi connectivity index (χ2v) is 3.80. The molecule has 3 heterocycles. The van der Waals surface area contributed by atoms with Gasteiger partial charge in [-0.3, -0.25) is 4.84 Å². The molecule has 3 saturated heterocycles. The Morgan fingerprint density at radius 2 is 2.15 bits per heavy atom. The summed E-state index contributed by atoms with van der Waals surface area (Å²) in [5.74, 6) is 0. The van der Waals surface area contributed by atoms with Crippen LogP contribution < -0.4 is 0 Å². The van der Waals surface area contributed by atoms with Gasteiger partial charge in [0.05, 0.1) is 0 Å². The van der Waals surface area contributed by atoms with E-state index in [2.05, 4.69) is 0 Å². The van der Waals surface area contributed by atoms with Crippen molar-refractivity contribution in [3.63, 3.8) is 0 Å². The van der Waals surface area contributed by atoms with E-state index in [1.54, 1.807) is 0 Å². The van der Waals surface area contributed by atoms with Crippen molar-refractivity contribution in [1.29, 1.82) is 0 Å². The molecule has 74 valence electrons. The Balaban J connectivity index is 1.61. The lowest BCUT2D eigenvalue weighted by Crippen LogP contribution is -2.42. The predicted octanol–water partition coefficient (Wildman–Crippen LogP) is -0.198. The van der Waals surface area contributed by atoms with Crippen molar-refractivity contribution >= 4 is 0 Å². The molecule has 0 saturated carbocycles. The van der Waals surface area contributed by atoms with Crippen LogP contribution in [-0.4, -0.2) is 41.1 Å². The van der Waals surface area contributed by atoms with Crippen molar-refractivity contribution in [1.82, 2.24) is 5.06 Å². The summed E-state index contributed by atoms with van der Waals surface area (Å²) >= 11 is 0. The highest BCUT2D eigenvalue weighted by Crippen LogP contribution is 2.39. The maximum atomic E-state index is 9.59. The fraction of sp³-hybridized carbons (Fsp3) is 1.00. The van der Waals surface area contributed by atoms with Crippen molar-refractivity contribution < 1.29 is 19.4 Å². The molecule has 0 aromatic rings. The van der Waals surface area contributed by atoms with Gasteiger partial charge in [0, 0.05) is 0 Å². The molecule has 13 heavy (non-hydrogen) atoms. The molecule has 3 aliphatic rings. The molecule has 0 aromatic heterocycles. The lowest BCUT2D eigenvalue weighted by molar-refractivity contribution is -0.285. The van der Waals surface area contributed by atoms with E-state index in [0.29, 0.717) is 6.42 Å². The van der Waals surface area contributed by atoms with Gasteiger partial charge < -0.3 is 14.6 Å². The molecule has 5 heteroatoms. The molecular formula is C8H13NO4. The van der Waals surface area contributed by atoms with Gasteiger partial charge in [-0.1, -0.05) is 0 Å². The Labute approximate surface area is 76.1 Å². The van der Waals surface area contributed by atoms with E-state index in [1.807, 2.05) is 6.92 Å². The summed E-state index contributed by atoms with van der Waals surface area (Å²) in [7, 11) is 0. The normalized spacial score (nSPS) is 54.5. The van der Waals surface area contributed by atoms with Gasteiger partial charge in [0.15, 0.2) is 6.23 Å². The molecule has 0 spiro atoms. The van der Waals surface area contributed by atoms with Crippen LogP contribution in [0.5, 0.6) is 0 Å². The highest BCUT2D eigenvalue weighted by Gasteiger charge is 2.53. The topological polar surface area (TPSA) is 57.8 Å². The summed E-state index contributed by atoms with van der Waals surface area (Å²) < 4.78 is 10.4. The van der Waals surface area contributed by atoms with E-state index in [4.69, 9.17) is 14.3 Å². The quantitative estimate of drug-likeness (QED) is 0.607. The summed E-state index contributed by atoms with van der Waals surface area (Å²) in [5, 5.41) is 11.1. The Bertz CT molecular complexity index is 222. The first-order valence-corrected chi connectivity index (χ1v) is 4.70. The van der Waals surface area contributed by atoms with Gasteiger partial charge in [0.25, 0.3) is 0 Å². The van der Waals surface area contributed by atoms with E-state index in [0.717, 1.165) is 6.42 Å². The number of ether oxygens (including phenoxy) is 2. The molecule has 3 aliphatic heterocycles. The van der Waals surface area contributed by atoms with Gasteiger partial charge in [-0.2, -0.15) is 0 Å². The van der Waals surface area contributed by atoms with Crippen LogP contribution in [0.1, 0.15) is 19.8 Å². The van der Waals surface area contributed by atoms with Crippen LogP contribution in [0.15, 0.2) is 0 Å². The van der Waals surface area contributed by atoms with Crippen molar-refractivity contribution in [2.45, 2.75) is 50.7 Å². The number of hydrogen-bond acceptors (Lipinski definition) is 5. The molecule has 1 N–H and O–H groups in total. The third kappa shape index (κ3) is 1.37. The van der Waals surface area contributed by atoms with E-state index >= 15 is 0 Å². The minimum Gasteiger partial charge on any atom is -0.376 e. The Hall–Kier alpha value is -0.200. The van der Waals surface area contributed by atoms with Crippen LogP contribution in [-0.2, 0) is 14.3 Å². The molecule has 0 aliphatic carbocycles. The number of aliphatic hydroxyl groups excluding tert-OH is 1. The van der Waals surface area contributed by atoms with E-state index in [1.165, 1.54) is 5.06 Å². The largest absolute Gasteiger partial charge is 0.376 e. The second kappa shape index (κ2) is 2.65. The molecule has 5 nitrogen and oxygen atoms in total. The van der Waals surface area contributed by atoms with Crippen molar-refractivity contribution in [2.24, 2.45) is 0 Å².